The van der Waals surface area contributed by atoms with Crippen molar-refractivity contribution < 1.29 is 43.0 Å². The Labute approximate surface area is 84.9 Å². The molecule has 0 unspecified atom stereocenters. The number of hydrogen-bond donors (Lipinski definition) is 1. The van der Waals surface area contributed by atoms with E-state index in [4.69, 9.17) is 5.11 Å². The largest absolute Gasteiger partial charge is 0.478 e. The number of carboxylic acids is 1. The molecule has 11 heavy (non-hydrogen) atoms. The van der Waals surface area contributed by atoms with Crippen LogP contribution in [0.5, 0.6) is 0 Å². The summed E-state index contributed by atoms with van der Waals surface area (Å²) >= 11 is 0. The van der Waals surface area contributed by atoms with Crippen molar-refractivity contribution in [2.75, 3.05) is 0 Å². The molecule has 0 saturated heterocycles. The standard InChI is InChI=1S/C7H6O2.Hg.H2O/c8-7(9)6-4-2-1-3-5-6;;/h2-4H,5H2,(H,8,9);;1H2. The van der Waals surface area contributed by atoms with Gasteiger partial charge in [-0.1, -0.05) is 0 Å². The maximum Gasteiger partial charge on any atom is 0.331 e. The van der Waals surface area contributed by atoms with Crippen molar-refractivity contribution in [1.29, 1.82) is 0 Å². The normalized spacial score (nSPS) is 12.5. The summed E-state index contributed by atoms with van der Waals surface area (Å²) in [6.07, 6.45) is 5.35. The molecule has 0 saturated carbocycles. The summed E-state index contributed by atoms with van der Waals surface area (Å²) in [7, 11) is 0. The Morgan fingerprint density at radius 2 is 2.27 bits per heavy atom. The number of carbonyl (C=O) groups is 1. The molecule has 0 atom stereocenters. The fraction of sp³-hybridized carbons (Fsp3) is 0.143. The molecule has 0 aromatic rings. The molecule has 56 valence electrons. The topological polar surface area (TPSA) is 68.8 Å². The third-order valence-electron chi connectivity index (χ3n) is 1.10. The van der Waals surface area contributed by atoms with Crippen molar-refractivity contribution in [3.63, 3.8) is 0 Å². The summed E-state index contributed by atoms with van der Waals surface area (Å²) in [6.45, 7) is 0. The smallest absolute Gasteiger partial charge is 0.331 e. The van der Waals surface area contributed by atoms with Crippen LogP contribution in [0, 0.1) is 0 Å². The first kappa shape index (κ1) is 13.2. The molecule has 3 N–H and O–H groups in total. The molecular formula is C7H8HgO3. The zero-order valence-electron chi connectivity index (χ0n) is 6.00. The van der Waals surface area contributed by atoms with Crippen LogP contribution in [0.1, 0.15) is 6.42 Å². The molecule has 0 radical (unpaired) electrons. The van der Waals surface area contributed by atoms with Crippen LogP contribution in [0.25, 0.3) is 0 Å². The van der Waals surface area contributed by atoms with Gasteiger partial charge in [-0.15, -0.1) is 5.73 Å². The molecule has 4 heteroatoms. The zero-order valence-corrected chi connectivity index (χ0v) is 11.5. The predicted molar refractivity (Wildman–Crippen MR) is 36.6 cm³/mol. The Kier molecular flexibility index (Phi) is 7.63. The van der Waals surface area contributed by atoms with Crippen LogP contribution in [0.2, 0.25) is 0 Å². The fourth-order valence-corrected chi connectivity index (χ4v) is 0.612. The van der Waals surface area contributed by atoms with E-state index < -0.39 is 5.97 Å². The average molecular weight is 341 g/mol. The number of allylic oxidation sites excluding steroid dienone is 2. The predicted octanol–water partition coefficient (Wildman–Crippen LogP) is 0.285. The first-order valence-electron chi connectivity index (χ1n) is 2.64. The molecule has 0 spiro atoms. The third kappa shape index (κ3) is 4.14. The van der Waals surface area contributed by atoms with Gasteiger partial charge in [0.1, 0.15) is 0 Å². The molecule has 0 bridgehead atoms. The fourth-order valence-electron chi connectivity index (χ4n) is 0.612. The van der Waals surface area contributed by atoms with Gasteiger partial charge in [-0.05, 0) is 18.2 Å². The molecule has 0 heterocycles. The van der Waals surface area contributed by atoms with E-state index in [1.54, 1.807) is 18.2 Å². The molecule has 1 aliphatic carbocycles. The Morgan fingerprint density at radius 3 is 2.55 bits per heavy atom. The van der Waals surface area contributed by atoms with Gasteiger partial charge in [0.25, 0.3) is 0 Å². The molecule has 1 rings (SSSR count). The minimum atomic E-state index is -0.844. The SMILES string of the molecule is O.O=C(O)C1=CC=C=CC1.[Hg]. The van der Waals surface area contributed by atoms with E-state index in [0.717, 1.165) is 0 Å². The van der Waals surface area contributed by atoms with Crippen molar-refractivity contribution in [3.8, 4) is 0 Å². The van der Waals surface area contributed by atoms with Gasteiger partial charge in [-0.25, -0.2) is 4.79 Å². The van der Waals surface area contributed by atoms with Crippen LogP contribution >= 0.6 is 0 Å². The minimum absolute atomic E-state index is 0. The van der Waals surface area contributed by atoms with Crippen molar-refractivity contribution in [2.45, 2.75) is 6.42 Å². The Morgan fingerprint density at radius 1 is 1.64 bits per heavy atom. The van der Waals surface area contributed by atoms with Gasteiger partial charge in [0.2, 0.25) is 0 Å². The second-order valence-electron chi connectivity index (χ2n) is 1.74. The van der Waals surface area contributed by atoms with Crippen LogP contribution in [0.4, 0.5) is 0 Å². The van der Waals surface area contributed by atoms with Gasteiger partial charge < -0.3 is 10.6 Å². The van der Waals surface area contributed by atoms with Crippen LogP contribution in [-0.2, 0) is 32.5 Å². The van der Waals surface area contributed by atoms with Gasteiger partial charge in [0.15, 0.2) is 0 Å². The van der Waals surface area contributed by atoms with E-state index in [2.05, 4.69) is 5.73 Å². The Balaban J connectivity index is 0. The van der Waals surface area contributed by atoms with E-state index in [1.165, 1.54) is 0 Å². The second kappa shape index (κ2) is 6.34. The van der Waals surface area contributed by atoms with E-state index in [-0.39, 0.29) is 33.1 Å². The van der Waals surface area contributed by atoms with E-state index >= 15 is 0 Å². The molecule has 0 aromatic heterocycles. The quantitative estimate of drug-likeness (QED) is 0.550. The van der Waals surface area contributed by atoms with Crippen LogP contribution in [-0.4, -0.2) is 16.6 Å². The zero-order chi connectivity index (χ0) is 6.69. The third-order valence-corrected chi connectivity index (χ3v) is 1.10. The summed E-state index contributed by atoms with van der Waals surface area (Å²) in [4.78, 5) is 10.2. The maximum absolute atomic E-state index is 10.2. The maximum atomic E-state index is 10.2. The molecule has 0 aliphatic heterocycles. The molecular weight excluding hydrogens is 333 g/mol. The monoisotopic (exact) mass is 342 g/mol. The number of hydrogen-bond acceptors (Lipinski definition) is 1. The summed E-state index contributed by atoms with van der Waals surface area (Å²) in [5, 5.41) is 8.40. The Hall–Kier alpha value is -0.375. The van der Waals surface area contributed by atoms with Gasteiger partial charge in [0.05, 0.1) is 0 Å². The number of carboxylic acid groups (broad SMARTS) is 1. The average Bonchev–Trinajstić information content (AvgIpc) is 1.90. The van der Waals surface area contributed by atoms with Gasteiger partial charge in [-0.3, -0.25) is 0 Å². The second-order valence-corrected chi connectivity index (χ2v) is 1.74. The van der Waals surface area contributed by atoms with Crippen LogP contribution < -0.4 is 0 Å². The first-order chi connectivity index (χ1) is 4.30. The molecule has 0 fully saturated rings. The number of rotatable bonds is 1. The van der Waals surface area contributed by atoms with Crippen LogP contribution in [0.15, 0.2) is 29.5 Å². The molecule has 3 nitrogen and oxygen atoms in total. The van der Waals surface area contributed by atoms with Crippen molar-refractivity contribution in [2.24, 2.45) is 0 Å². The molecule has 0 aromatic carbocycles. The van der Waals surface area contributed by atoms with Crippen molar-refractivity contribution in [1.82, 2.24) is 0 Å². The Bertz CT molecular complexity index is 224. The van der Waals surface area contributed by atoms with E-state index in [9.17, 15) is 4.79 Å². The van der Waals surface area contributed by atoms with E-state index in [1.807, 2.05) is 0 Å². The molecule has 1 aliphatic rings. The summed E-state index contributed by atoms with van der Waals surface area (Å²) in [5.74, 6) is -0.844. The van der Waals surface area contributed by atoms with Crippen molar-refractivity contribution >= 4 is 5.97 Å². The van der Waals surface area contributed by atoms with Gasteiger partial charge in [0, 0.05) is 39.7 Å². The van der Waals surface area contributed by atoms with Gasteiger partial charge in [-0.2, -0.15) is 0 Å². The molecule has 0 amide bonds. The van der Waals surface area contributed by atoms with Gasteiger partial charge >= 0.3 is 5.97 Å². The van der Waals surface area contributed by atoms with Crippen LogP contribution in [0.3, 0.4) is 0 Å². The van der Waals surface area contributed by atoms with Crippen molar-refractivity contribution in [3.05, 3.63) is 29.5 Å². The summed E-state index contributed by atoms with van der Waals surface area (Å²) in [5.41, 5.74) is 3.20. The summed E-state index contributed by atoms with van der Waals surface area (Å²) in [6, 6.07) is 0. The number of aliphatic carboxylic acids is 1. The first-order valence-corrected chi connectivity index (χ1v) is 2.64. The van der Waals surface area contributed by atoms with E-state index in [0.29, 0.717) is 12.0 Å². The summed E-state index contributed by atoms with van der Waals surface area (Å²) < 4.78 is 0. The minimum Gasteiger partial charge on any atom is -0.478 e.